The molecule has 0 atom stereocenters. The van der Waals surface area contributed by atoms with Crippen molar-refractivity contribution in [2.45, 2.75) is 39.4 Å². The number of nitrogens with zero attached hydrogens (tertiary/aromatic N) is 2. The quantitative estimate of drug-likeness (QED) is 0.805. The number of rotatable bonds is 4. The van der Waals surface area contributed by atoms with Gasteiger partial charge in [0.25, 0.3) is 5.19 Å². The molecule has 0 spiro atoms. The molecule has 1 N–H and O–H groups in total. The highest BCUT2D eigenvalue weighted by Gasteiger charge is 2.19. The topological polar surface area (TPSA) is 55.2 Å². The summed E-state index contributed by atoms with van der Waals surface area (Å²) < 4.78 is 5.57. The Morgan fingerprint density at radius 2 is 2.15 bits per heavy atom. The first-order valence-corrected chi connectivity index (χ1v) is 5.01. The van der Waals surface area contributed by atoms with Crippen LogP contribution in [-0.4, -0.2) is 20.9 Å². The van der Waals surface area contributed by atoms with E-state index in [0.717, 1.165) is 6.42 Å². The fourth-order valence-electron chi connectivity index (χ4n) is 0.652. The van der Waals surface area contributed by atoms with Crippen molar-refractivity contribution >= 4 is 11.3 Å². The normalized spacial score (nSPS) is 11.7. The van der Waals surface area contributed by atoms with Gasteiger partial charge in [0, 0.05) is 0 Å². The van der Waals surface area contributed by atoms with Crippen molar-refractivity contribution in [3.05, 3.63) is 5.01 Å². The van der Waals surface area contributed by atoms with E-state index in [4.69, 9.17) is 9.84 Å². The van der Waals surface area contributed by atoms with Gasteiger partial charge in [-0.25, -0.2) is 0 Å². The van der Waals surface area contributed by atoms with Crippen LogP contribution in [0.5, 0.6) is 5.19 Å². The van der Waals surface area contributed by atoms with Crippen LogP contribution >= 0.6 is 11.3 Å². The van der Waals surface area contributed by atoms with E-state index >= 15 is 0 Å². The molecule has 0 aliphatic rings. The van der Waals surface area contributed by atoms with Gasteiger partial charge in [-0.3, -0.25) is 0 Å². The van der Waals surface area contributed by atoms with E-state index in [1.807, 2.05) is 20.8 Å². The van der Waals surface area contributed by atoms with Gasteiger partial charge >= 0.3 is 0 Å². The van der Waals surface area contributed by atoms with Gasteiger partial charge in [-0.1, -0.05) is 23.4 Å². The Hall–Kier alpha value is -0.680. The minimum absolute atomic E-state index is 0.0758. The molecule has 0 unspecified atom stereocenters. The SMILES string of the molecule is CCC(C)(C)Oc1nnc(CO)s1. The van der Waals surface area contributed by atoms with Crippen LogP contribution in [0.15, 0.2) is 0 Å². The van der Waals surface area contributed by atoms with Gasteiger partial charge in [0.2, 0.25) is 0 Å². The van der Waals surface area contributed by atoms with E-state index in [1.165, 1.54) is 11.3 Å². The van der Waals surface area contributed by atoms with E-state index < -0.39 is 0 Å². The van der Waals surface area contributed by atoms with Crippen LogP contribution in [0.3, 0.4) is 0 Å². The number of ether oxygens (including phenoxy) is 1. The van der Waals surface area contributed by atoms with Crippen molar-refractivity contribution in [2.24, 2.45) is 0 Å². The zero-order valence-electron chi connectivity index (χ0n) is 8.07. The Morgan fingerprint density at radius 3 is 2.62 bits per heavy atom. The Labute approximate surface area is 81.6 Å². The Bertz CT molecular complexity index is 273. The van der Waals surface area contributed by atoms with Crippen molar-refractivity contribution in [2.75, 3.05) is 0 Å². The zero-order chi connectivity index (χ0) is 9.90. The second kappa shape index (κ2) is 4.02. The maximum Gasteiger partial charge on any atom is 0.294 e. The Balaban J connectivity index is 2.63. The second-order valence-corrected chi connectivity index (χ2v) is 4.36. The average molecular weight is 202 g/mol. The van der Waals surface area contributed by atoms with Crippen LogP contribution in [-0.2, 0) is 6.61 Å². The van der Waals surface area contributed by atoms with Crippen LogP contribution in [0.1, 0.15) is 32.2 Å². The molecule has 1 rings (SSSR count). The predicted molar refractivity (Wildman–Crippen MR) is 50.8 cm³/mol. The van der Waals surface area contributed by atoms with E-state index in [2.05, 4.69) is 10.2 Å². The van der Waals surface area contributed by atoms with Crippen LogP contribution in [0.4, 0.5) is 0 Å². The van der Waals surface area contributed by atoms with E-state index in [1.54, 1.807) is 0 Å². The zero-order valence-corrected chi connectivity index (χ0v) is 8.89. The summed E-state index contributed by atoms with van der Waals surface area (Å²) in [5.74, 6) is 0. The first-order valence-electron chi connectivity index (χ1n) is 4.19. The highest BCUT2D eigenvalue weighted by molar-refractivity contribution is 7.13. The van der Waals surface area contributed by atoms with Crippen molar-refractivity contribution < 1.29 is 9.84 Å². The standard InChI is InChI=1S/C8H14N2O2S/c1-4-8(2,3)12-7-10-9-6(5-11)13-7/h11H,4-5H2,1-3H3. The molecule has 1 aromatic rings. The molecule has 5 heteroatoms. The summed E-state index contributed by atoms with van der Waals surface area (Å²) in [6.07, 6.45) is 0.904. The molecule has 13 heavy (non-hydrogen) atoms. The number of aromatic nitrogens is 2. The summed E-state index contributed by atoms with van der Waals surface area (Å²) in [5.41, 5.74) is -0.216. The number of hydrogen-bond acceptors (Lipinski definition) is 5. The van der Waals surface area contributed by atoms with Crippen LogP contribution in [0.25, 0.3) is 0 Å². The summed E-state index contributed by atoms with van der Waals surface area (Å²) in [7, 11) is 0. The van der Waals surface area contributed by atoms with Crippen molar-refractivity contribution in [3.8, 4) is 5.19 Å². The minimum atomic E-state index is -0.216. The molecule has 4 nitrogen and oxygen atoms in total. The summed E-state index contributed by atoms with van der Waals surface area (Å²) in [4.78, 5) is 0. The highest BCUT2D eigenvalue weighted by Crippen LogP contribution is 2.24. The summed E-state index contributed by atoms with van der Waals surface area (Å²) >= 11 is 1.28. The molecular formula is C8H14N2O2S. The van der Waals surface area contributed by atoms with Gasteiger partial charge in [0.15, 0.2) is 0 Å². The number of hydrogen-bond donors (Lipinski definition) is 1. The third kappa shape index (κ3) is 2.93. The lowest BCUT2D eigenvalue weighted by Crippen LogP contribution is -2.26. The Kier molecular flexibility index (Phi) is 3.22. The number of aliphatic hydroxyl groups is 1. The van der Waals surface area contributed by atoms with Crippen LogP contribution < -0.4 is 4.74 Å². The third-order valence-electron chi connectivity index (χ3n) is 1.80. The number of aliphatic hydroxyl groups excluding tert-OH is 1. The van der Waals surface area contributed by atoms with Gasteiger partial charge < -0.3 is 9.84 Å². The smallest absolute Gasteiger partial charge is 0.294 e. The monoisotopic (exact) mass is 202 g/mol. The largest absolute Gasteiger partial charge is 0.463 e. The molecule has 0 radical (unpaired) electrons. The molecule has 0 aromatic carbocycles. The first-order chi connectivity index (χ1) is 6.07. The van der Waals surface area contributed by atoms with Crippen LogP contribution in [0, 0.1) is 0 Å². The van der Waals surface area contributed by atoms with Crippen molar-refractivity contribution in [1.29, 1.82) is 0 Å². The van der Waals surface area contributed by atoms with E-state index in [9.17, 15) is 0 Å². The second-order valence-electron chi connectivity index (χ2n) is 3.34. The molecule has 0 fully saturated rings. The Morgan fingerprint density at radius 1 is 1.46 bits per heavy atom. The molecule has 1 aromatic heterocycles. The lowest BCUT2D eigenvalue weighted by Gasteiger charge is -2.21. The molecule has 1 heterocycles. The lowest BCUT2D eigenvalue weighted by molar-refractivity contribution is 0.104. The highest BCUT2D eigenvalue weighted by atomic mass is 32.1. The molecule has 0 saturated heterocycles. The third-order valence-corrected chi connectivity index (χ3v) is 2.58. The molecule has 0 amide bonds. The van der Waals surface area contributed by atoms with E-state index in [-0.39, 0.29) is 12.2 Å². The molecular weight excluding hydrogens is 188 g/mol. The van der Waals surface area contributed by atoms with Crippen molar-refractivity contribution in [1.82, 2.24) is 10.2 Å². The van der Waals surface area contributed by atoms with Crippen molar-refractivity contribution in [3.63, 3.8) is 0 Å². The van der Waals surface area contributed by atoms with Gasteiger partial charge in [0.05, 0.1) is 6.61 Å². The van der Waals surface area contributed by atoms with Gasteiger partial charge in [0.1, 0.15) is 10.6 Å². The predicted octanol–water partition coefficient (Wildman–Crippen LogP) is 1.60. The van der Waals surface area contributed by atoms with Gasteiger partial charge in [-0.05, 0) is 20.3 Å². The van der Waals surface area contributed by atoms with Crippen LogP contribution in [0.2, 0.25) is 0 Å². The van der Waals surface area contributed by atoms with E-state index in [0.29, 0.717) is 10.2 Å². The minimum Gasteiger partial charge on any atom is -0.463 e. The van der Waals surface area contributed by atoms with Gasteiger partial charge in [-0.2, -0.15) is 0 Å². The molecule has 0 bridgehead atoms. The lowest BCUT2D eigenvalue weighted by atomic mass is 10.1. The summed E-state index contributed by atoms with van der Waals surface area (Å²) in [6, 6.07) is 0. The van der Waals surface area contributed by atoms with Gasteiger partial charge in [-0.15, -0.1) is 5.10 Å². The molecule has 0 aliphatic carbocycles. The summed E-state index contributed by atoms with van der Waals surface area (Å²) in [6.45, 7) is 5.96. The molecule has 74 valence electrons. The molecule has 0 aliphatic heterocycles. The maximum absolute atomic E-state index is 8.76. The summed E-state index contributed by atoms with van der Waals surface area (Å²) in [5, 5.41) is 17.4. The maximum atomic E-state index is 8.76. The molecule has 0 saturated carbocycles. The fourth-order valence-corrected chi connectivity index (χ4v) is 1.35. The average Bonchev–Trinajstić information content (AvgIpc) is 2.52. The first kappa shape index (κ1) is 10.4. The fraction of sp³-hybridized carbons (Fsp3) is 0.750.